The van der Waals surface area contributed by atoms with Crippen LogP contribution in [-0.2, 0) is 4.74 Å². The average molecular weight is 194 g/mol. The number of rotatable bonds is 2. The zero-order valence-corrected chi connectivity index (χ0v) is 8.03. The highest BCUT2D eigenvalue weighted by Crippen LogP contribution is 2.52. The van der Waals surface area contributed by atoms with Crippen LogP contribution < -0.4 is 11.5 Å². The number of benzene rings is 1. The topological polar surface area (TPSA) is 81.5 Å². The van der Waals surface area contributed by atoms with Crippen LogP contribution in [-0.4, -0.2) is 18.0 Å². The Hall–Kier alpha value is -1.26. The van der Waals surface area contributed by atoms with E-state index in [9.17, 15) is 5.11 Å². The first kappa shape index (κ1) is 9.30. The normalized spacial score (nSPS) is 30.3. The molecular formula is C10H14N2O2. The summed E-state index contributed by atoms with van der Waals surface area (Å²) in [6, 6.07) is 5.41. The van der Waals surface area contributed by atoms with E-state index in [0.29, 0.717) is 17.8 Å². The Balaban J connectivity index is 2.24. The predicted octanol–water partition coefficient (Wildman–Crippen LogP) is 0.673. The molecule has 1 aromatic rings. The van der Waals surface area contributed by atoms with Crippen LogP contribution in [0, 0.1) is 0 Å². The molecule has 0 amide bonds. The van der Waals surface area contributed by atoms with Gasteiger partial charge in [0.05, 0.1) is 11.4 Å². The summed E-state index contributed by atoms with van der Waals surface area (Å²) >= 11 is 0. The van der Waals surface area contributed by atoms with Crippen molar-refractivity contribution in [3.8, 4) is 0 Å². The van der Waals surface area contributed by atoms with E-state index in [0.717, 1.165) is 5.56 Å². The summed E-state index contributed by atoms with van der Waals surface area (Å²) in [4.78, 5) is 0. The lowest BCUT2D eigenvalue weighted by Crippen LogP contribution is -2.12. The maximum atomic E-state index is 9.72. The van der Waals surface area contributed by atoms with E-state index in [4.69, 9.17) is 16.2 Å². The predicted molar refractivity (Wildman–Crippen MR) is 54.6 cm³/mol. The van der Waals surface area contributed by atoms with E-state index >= 15 is 0 Å². The Morgan fingerprint density at radius 3 is 2.64 bits per heavy atom. The molecule has 0 radical (unpaired) electrons. The molecule has 1 aromatic carbocycles. The Labute approximate surface area is 82.5 Å². The quantitative estimate of drug-likeness (QED) is 0.477. The van der Waals surface area contributed by atoms with Gasteiger partial charge in [-0.3, -0.25) is 0 Å². The van der Waals surface area contributed by atoms with Crippen molar-refractivity contribution in [3.05, 3.63) is 23.8 Å². The van der Waals surface area contributed by atoms with Crippen molar-refractivity contribution in [1.29, 1.82) is 0 Å². The number of anilines is 2. The number of hydrogen-bond donors (Lipinski definition) is 3. The minimum Gasteiger partial charge on any atom is -0.397 e. The van der Waals surface area contributed by atoms with Crippen molar-refractivity contribution >= 4 is 11.4 Å². The van der Waals surface area contributed by atoms with Crippen LogP contribution in [0.1, 0.15) is 17.9 Å². The molecule has 1 aliphatic rings. The van der Waals surface area contributed by atoms with Crippen LogP contribution in [0.2, 0.25) is 0 Å². The van der Waals surface area contributed by atoms with Gasteiger partial charge in [0.1, 0.15) is 0 Å². The summed E-state index contributed by atoms with van der Waals surface area (Å²) in [6.07, 6.45) is 0.618. The summed E-state index contributed by atoms with van der Waals surface area (Å²) in [5.41, 5.74) is 13.3. The Kier molecular flexibility index (Phi) is 1.90. The zero-order chi connectivity index (χ0) is 10.3. The highest BCUT2D eigenvalue weighted by molar-refractivity contribution is 5.64. The van der Waals surface area contributed by atoms with Crippen LogP contribution in [0.25, 0.3) is 0 Å². The number of nitrogen functional groups attached to an aromatic ring is 2. The Morgan fingerprint density at radius 1 is 1.43 bits per heavy atom. The number of methoxy groups -OCH3 is 1. The van der Waals surface area contributed by atoms with Gasteiger partial charge in [-0.25, -0.2) is 0 Å². The van der Waals surface area contributed by atoms with Gasteiger partial charge in [-0.2, -0.15) is 0 Å². The summed E-state index contributed by atoms with van der Waals surface area (Å²) < 4.78 is 4.97. The highest BCUT2D eigenvalue weighted by Gasteiger charge is 2.54. The van der Waals surface area contributed by atoms with Crippen molar-refractivity contribution in [2.24, 2.45) is 0 Å². The van der Waals surface area contributed by atoms with Gasteiger partial charge in [-0.05, 0) is 17.7 Å². The van der Waals surface area contributed by atoms with E-state index < -0.39 is 5.79 Å². The molecule has 2 atom stereocenters. The molecule has 1 unspecified atom stereocenters. The third kappa shape index (κ3) is 1.32. The van der Waals surface area contributed by atoms with Gasteiger partial charge in [0.15, 0.2) is 5.79 Å². The maximum absolute atomic E-state index is 9.72. The fraction of sp³-hybridized carbons (Fsp3) is 0.400. The van der Waals surface area contributed by atoms with E-state index in [2.05, 4.69) is 0 Å². The minimum absolute atomic E-state index is 0.0235. The van der Waals surface area contributed by atoms with Crippen LogP contribution >= 0.6 is 0 Å². The molecule has 4 nitrogen and oxygen atoms in total. The van der Waals surface area contributed by atoms with Crippen molar-refractivity contribution in [2.45, 2.75) is 18.1 Å². The number of nitrogens with two attached hydrogens (primary N) is 2. The van der Waals surface area contributed by atoms with E-state index in [1.807, 2.05) is 6.07 Å². The van der Waals surface area contributed by atoms with Gasteiger partial charge < -0.3 is 21.3 Å². The van der Waals surface area contributed by atoms with Gasteiger partial charge in [0.25, 0.3) is 0 Å². The molecule has 0 heterocycles. The van der Waals surface area contributed by atoms with Gasteiger partial charge in [0, 0.05) is 19.4 Å². The molecule has 4 heteroatoms. The number of aliphatic hydroxyl groups is 1. The van der Waals surface area contributed by atoms with Gasteiger partial charge in [0.2, 0.25) is 0 Å². The largest absolute Gasteiger partial charge is 0.397 e. The van der Waals surface area contributed by atoms with Crippen LogP contribution in [0.15, 0.2) is 18.2 Å². The van der Waals surface area contributed by atoms with Gasteiger partial charge in [-0.15, -0.1) is 0 Å². The first-order chi connectivity index (χ1) is 6.57. The molecule has 0 aliphatic heterocycles. The molecule has 5 N–H and O–H groups in total. The van der Waals surface area contributed by atoms with Crippen molar-refractivity contribution in [2.75, 3.05) is 18.6 Å². The van der Waals surface area contributed by atoms with Crippen LogP contribution in [0.3, 0.4) is 0 Å². The molecule has 0 saturated heterocycles. The van der Waals surface area contributed by atoms with Gasteiger partial charge in [-0.1, -0.05) is 6.07 Å². The lowest BCUT2D eigenvalue weighted by Gasteiger charge is -2.08. The summed E-state index contributed by atoms with van der Waals surface area (Å²) in [6.45, 7) is 0. The lowest BCUT2D eigenvalue weighted by molar-refractivity contribution is -0.105. The minimum atomic E-state index is -0.997. The standard InChI is InChI=1S/C10H14N2O2/c1-14-10(13)5-7(10)6-2-3-8(11)9(12)4-6/h2-4,7,13H,5,11-12H2,1H3/t7-,10?/m1/s1. The van der Waals surface area contributed by atoms with Crippen molar-refractivity contribution in [3.63, 3.8) is 0 Å². The fourth-order valence-electron chi connectivity index (χ4n) is 1.65. The fourth-order valence-corrected chi connectivity index (χ4v) is 1.65. The second-order valence-electron chi connectivity index (χ2n) is 3.69. The Bertz CT molecular complexity index is 367. The SMILES string of the molecule is COC1(O)C[C@@H]1c1ccc(N)c(N)c1. The summed E-state index contributed by atoms with van der Waals surface area (Å²) in [7, 11) is 1.50. The molecular weight excluding hydrogens is 180 g/mol. The lowest BCUT2D eigenvalue weighted by atomic mass is 10.1. The molecule has 1 saturated carbocycles. The first-order valence-corrected chi connectivity index (χ1v) is 4.49. The summed E-state index contributed by atoms with van der Waals surface area (Å²) in [5, 5.41) is 9.72. The number of ether oxygens (including phenoxy) is 1. The van der Waals surface area contributed by atoms with E-state index in [1.165, 1.54) is 7.11 Å². The Morgan fingerprint density at radius 2 is 2.14 bits per heavy atom. The second-order valence-corrected chi connectivity index (χ2v) is 3.69. The molecule has 76 valence electrons. The monoisotopic (exact) mass is 194 g/mol. The third-order valence-electron chi connectivity index (χ3n) is 2.75. The maximum Gasteiger partial charge on any atom is 0.172 e. The highest BCUT2D eigenvalue weighted by atomic mass is 16.6. The van der Waals surface area contributed by atoms with E-state index in [-0.39, 0.29) is 5.92 Å². The van der Waals surface area contributed by atoms with Crippen molar-refractivity contribution in [1.82, 2.24) is 0 Å². The zero-order valence-electron chi connectivity index (χ0n) is 8.03. The van der Waals surface area contributed by atoms with E-state index in [1.54, 1.807) is 12.1 Å². The van der Waals surface area contributed by atoms with Crippen LogP contribution in [0.4, 0.5) is 11.4 Å². The third-order valence-corrected chi connectivity index (χ3v) is 2.75. The molecule has 0 bridgehead atoms. The number of hydrogen-bond acceptors (Lipinski definition) is 4. The average Bonchev–Trinajstić information content (AvgIpc) is 2.84. The molecule has 14 heavy (non-hydrogen) atoms. The molecule has 0 spiro atoms. The first-order valence-electron chi connectivity index (χ1n) is 4.49. The molecule has 0 aromatic heterocycles. The van der Waals surface area contributed by atoms with Gasteiger partial charge >= 0.3 is 0 Å². The molecule has 1 aliphatic carbocycles. The summed E-state index contributed by atoms with van der Waals surface area (Å²) in [5.74, 6) is -0.974. The molecule has 1 fully saturated rings. The van der Waals surface area contributed by atoms with Crippen molar-refractivity contribution < 1.29 is 9.84 Å². The molecule has 2 rings (SSSR count). The van der Waals surface area contributed by atoms with Crippen LogP contribution in [0.5, 0.6) is 0 Å². The smallest absolute Gasteiger partial charge is 0.172 e. The second kappa shape index (κ2) is 2.87.